The number of nitrogens with zero attached hydrogens (tertiary/aromatic N) is 1. The standard InChI is InChI=1S/C13H16N2O7S/c16-4-6-5-23-12-9(11(20)15(12)10(6)13(21)22)14-7(17)2-1-3-8(18)19/h9,12,16H,1-5H2,(H,14,17)(H,18,19)(H,21,22)/t9-,12-/m1/s1. The van der Waals surface area contributed by atoms with Crippen LogP contribution in [-0.4, -0.2) is 67.7 Å². The Balaban J connectivity index is 1.98. The van der Waals surface area contributed by atoms with Crippen molar-refractivity contribution in [1.82, 2.24) is 10.2 Å². The lowest BCUT2D eigenvalue weighted by Gasteiger charge is -2.49. The molecule has 0 aromatic heterocycles. The summed E-state index contributed by atoms with van der Waals surface area (Å²) in [4.78, 5) is 46.6. The Morgan fingerprint density at radius 2 is 1.96 bits per heavy atom. The average Bonchev–Trinajstić information content (AvgIpc) is 2.50. The summed E-state index contributed by atoms with van der Waals surface area (Å²) >= 11 is 1.26. The van der Waals surface area contributed by atoms with E-state index in [2.05, 4.69) is 5.32 Å². The Labute approximate surface area is 135 Å². The fraction of sp³-hybridized carbons (Fsp3) is 0.538. The number of carboxylic acid groups (broad SMARTS) is 2. The molecule has 0 bridgehead atoms. The zero-order valence-corrected chi connectivity index (χ0v) is 12.8. The van der Waals surface area contributed by atoms with E-state index in [1.165, 1.54) is 11.8 Å². The fourth-order valence-electron chi connectivity index (χ4n) is 2.45. The van der Waals surface area contributed by atoms with Gasteiger partial charge in [-0.05, 0) is 12.0 Å². The van der Waals surface area contributed by atoms with Crippen LogP contribution in [0.1, 0.15) is 19.3 Å². The Hall–Kier alpha value is -2.07. The van der Waals surface area contributed by atoms with E-state index in [0.717, 1.165) is 4.90 Å². The summed E-state index contributed by atoms with van der Waals surface area (Å²) < 4.78 is 0. The molecule has 1 fully saturated rings. The molecule has 0 spiro atoms. The molecule has 2 heterocycles. The summed E-state index contributed by atoms with van der Waals surface area (Å²) in [5.74, 6) is -3.02. The van der Waals surface area contributed by atoms with Crippen molar-refractivity contribution in [2.45, 2.75) is 30.7 Å². The molecule has 4 N–H and O–H groups in total. The number of aliphatic carboxylic acids is 2. The third kappa shape index (κ3) is 3.48. The number of nitrogens with one attached hydrogen (secondary N) is 1. The summed E-state index contributed by atoms with van der Waals surface area (Å²) in [7, 11) is 0. The first-order valence-corrected chi connectivity index (χ1v) is 7.93. The Bertz CT molecular complexity index is 589. The summed E-state index contributed by atoms with van der Waals surface area (Å²) in [6.45, 7) is -0.447. The maximum atomic E-state index is 12.1. The quantitative estimate of drug-likeness (QED) is 0.429. The fourth-order valence-corrected chi connectivity index (χ4v) is 3.79. The lowest BCUT2D eigenvalue weighted by molar-refractivity contribution is -0.150. The largest absolute Gasteiger partial charge is 0.481 e. The second kappa shape index (κ2) is 7.01. The number of carboxylic acids is 2. The molecule has 0 unspecified atom stereocenters. The normalized spacial score (nSPS) is 23.2. The first-order valence-electron chi connectivity index (χ1n) is 6.88. The number of aliphatic hydroxyl groups excluding tert-OH is 1. The lowest BCUT2D eigenvalue weighted by atomic mass is 10.0. The van der Waals surface area contributed by atoms with Crippen LogP contribution in [0.25, 0.3) is 0 Å². The zero-order valence-electron chi connectivity index (χ0n) is 12.0. The molecule has 0 aromatic rings. The van der Waals surface area contributed by atoms with E-state index in [1.54, 1.807) is 0 Å². The molecule has 0 saturated carbocycles. The molecular weight excluding hydrogens is 328 g/mol. The summed E-state index contributed by atoms with van der Waals surface area (Å²) in [6.07, 6.45) is 0.0115. The van der Waals surface area contributed by atoms with E-state index in [1.807, 2.05) is 0 Å². The second-order valence-electron chi connectivity index (χ2n) is 5.12. The minimum atomic E-state index is -1.29. The molecule has 10 heteroatoms. The lowest BCUT2D eigenvalue weighted by Crippen LogP contribution is -2.70. The van der Waals surface area contributed by atoms with Gasteiger partial charge in [0, 0.05) is 18.6 Å². The highest BCUT2D eigenvalue weighted by Gasteiger charge is 2.53. The highest BCUT2D eigenvalue weighted by Crippen LogP contribution is 2.40. The van der Waals surface area contributed by atoms with Crippen LogP contribution in [-0.2, 0) is 19.2 Å². The van der Waals surface area contributed by atoms with Crippen LogP contribution in [0, 0.1) is 0 Å². The first kappa shape index (κ1) is 17.3. The van der Waals surface area contributed by atoms with Gasteiger partial charge in [0.05, 0.1) is 6.61 Å². The minimum Gasteiger partial charge on any atom is -0.481 e. The van der Waals surface area contributed by atoms with E-state index in [9.17, 15) is 29.4 Å². The number of thioether (sulfide) groups is 1. The van der Waals surface area contributed by atoms with Crippen LogP contribution in [0.5, 0.6) is 0 Å². The first-order chi connectivity index (χ1) is 10.9. The van der Waals surface area contributed by atoms with Crippen LogP contribution >= 0.6 is 11.8 Å². The number of fused-ring (bicyclic) bond motifs is 1. The molecule has 9 nitrogen and oxygen atoms in total. The van der Waals surface area contributed by atoms with Crippen molar-refractivity contribution in [3.63, 3.8) is 0 Å². The third-order valence-corrected chi connectivity index (χ3v) is 4.89. The predicted octanol–water partition coefficient (Wildman–Crippen LogP) is -1.03. The van der Waals surface area contributed by atoms with Crippen molar-refractivity contribution in [1.29, 1.82) is 0 Å². The smallest absolute Gasteiger partial charge is 0.352 e. The van der Waals surface area contributed by atoms with Gasteiger partial charge in [0.25, 0.3) is 5.91 Å². The number of rotatable bonds is 7. The van der Waals surface area contributed by atoms with Crippen molar-refractivity contribution in [3.05, 3.63) is 11.3 Å². The van der Waals surface area contributed by atoms with E-state index in [-0.39, 0.29) is 36.3 Å². The number of carbonyl (C=O) groups is 4. The summed E-state index contributed by atoms with van der Waals surface area (Å²) in [6, 6.07) is -0.827. The number of amides is 2. The van der Waals surface area contributed by atoms with Gasteiger partial charge in [-0.15, -0.1) is 11.8 Å². The topological polar surface area (TPSA) is 144 Å². The van der Waals surface area contributed by atoms with Gasteiger partial charge in [0.15, 0.2) is 0 Å². The molecule has 0 aromatic carbocycles. The number of hydrogen-bond donors (Lipinski definition) is 4. The zero-order chi connectivity index (χ0) is 17.1. The van der Waals surface area contributed by atoms with E-state index < -0.39 is 41.8 Å². The van der Waals surface area contributed by atoms with E-state index in [0.29, 0.717) is 0 Å². The number of aliphatic hydroxyl groups is 1. The summed E-state index contributed by atoms with van der Waals surface area (Å²) in [5, 5.41) is 28.9. The molecule has 0 radical (unpaired) electrons. The Kier molecular flexibility index (Phi) is 5.26. The van der Waals surface area contributed by atoms with Gasteiger partial charge in [0.1, 0.15) is 17.1 Å². The highest BCUT2D eigenvalue weighted by atomic mass is 32.2. The van der Waals surface area contributed by atoms with Gasteiger partial charge < -0.3 is 20.6 Å². The van der Waals surface area contributed by atoms with Crippen molar-refractivity contribution in [2.75, 3.05) is 12.4 Å². The molecule has 2 amide bonds. The number of hydrogen-bond acceptors (Lipinski definition) is 6. The number of β-lactam (4-membered cyclic amide) rings is 1. The number of carbonyl (C=O) groups excluding carboxylic acids is 2. The van der Waals surface area contributed by atoms with Crippen LogP contribution in [0.2, 0.25) is 0 Å². The molecule has 0 aliphatic carbocycles. The van der Waals surface area contributed by atoms with Gasteiger partial charge in [-0.2, -0.15) is 0 Å². The van der Waals surface area contributed by atoms with Gasteiger partial charge in [-0.1, -0.05) is 0 Å². The second-order valence-corrected chi connectivity index (χ2v) is 6.22. The van der Waals surface area contributed by atoms with Crippen LogP contribution in [0.15, 0.2) is 11.3 Å². The van der Waals surface area contributed by atoms with Crippen molar-refractivity contribution < 1.29 is 34.5 Å². The van der Waals surface area contributed by atoms with Crippen molar-refractivity contribution in [2.24, 2.45) is 0 Å². The Morgan fingerprint density at radius 1 is 1.26 bits per heavy atom. The van der Waals surface area contributed by atoms with Gasteiger partial charge >= 0.3 is 11.9 Å². The third-order valence-electron chi connectivity index (χ3n) is 3.55. The molecular formula is C13H16N2O7S. The average molecular weight is 344 g/mol. The molecule has 2 atom stereocenters. The predicted molar refractivity (Wildman–Crippen MR) is 78.3 cm³/mol. The molecule has 2 aliphatic heterocycles. The van der Waals surface area contributed by atoms with Gasteiger partial charge in [-0.25, -0.2) is 4.79 Å². The maximum absolute atomic E-state index is 12.1. The van der Waals surface area contributed by atoms with E-state index in [4.69, 9.17) is 5.11 Å². The minimum absolute atomic E-state index is 0.0169. The van der Waals surface area contributed by atoms with Crippen LogP contribution in [0.4, 0.5) is 0 Å². The van der Waals surface area contributed by atoms with Gasteiger partial charge in [0.2, 0.25) is 5.91 Å². The SMILES string of the molecule is O=C(O)CCCC(=O)N[C@@H]1C(=O)N2C(C(=O)O)=C(CO)CS[C@H]12. The summed E-state index contributed by atoms with van der Waals surface area (Å²) in [5.41, 5.74) is 0.0379. The molecule has 2 aliphatic rings. The van der Waals surface area contributed by atoms with Crippen molar-refractivity contribution in [3.8, 4) is 0 Å². The molecule has 23 heavy (non-hydrogen) atoms. The monoisotopic (exact) mass is 344 g/mol. The molecule has 126 valence electrons. The van der Waals surface area contributed by atoms with E-state index >= 15 is 0 Å². The van der Waals surface area contributed by atoms with Crippen LogP contribution in [0.3, 0.4) is 0 Å². The van der Waals surface area contributed by atoms with Crippen LogP contribution < -0.4 is 5.32 Å². The maximum Gasteiger partial charge on any atom is 0.352 e. The van der Waals surface area contributed by atoms with Gasteiger partial charge in [-0.3, -0.25) is 19.3 Å². The molecule has 1 saturated heterocycles. The Morgan fingerprint density at radius 3 is 2.52 bits per heavy atom. The molecule has 2 rings (SSSR count). The van der Waals surface area contributed by atoms with Crippen molar-refractivity contribution >= 4 is 35.5 Å². The highest BCUT2D eigenvalue weighted by molar-refractivity contribution is 8.00.